The van der Waals surface area contributed by atoms with Crippen LogP contribution >= 0.6 is 0 Å². The zero-order valence-corrected chi connectivity index (χ0v) is 25.8. The van der Waals surface area contributed by atoms with E-state index in [1.165, 1.54) is 25.0 Å². The highest BCUT2D eigenvalue weighted by Gasteiger charge is 2.43. The van der Waals surface area contributed by atoms with E-state index in [0.717, 1.165) is 0 Å². The number of methoxy groups -OCH3 is 1. The Morgan fingerprint density at radius 2 is 1.41 bits per heavy atom. The zero-order chi connectivity index (χ0) is 32.3. The number of likely N-dealkylation sites (tertiary alicyclic amines) is 2. The van der Waals surface area contributed by atoms with Crippen molar-refractivity contribution >= 4 is 29.7 Å². The minimum atomic E-state index is -0.935. The predicted octanol–water partition coefficient (Wildman–Crippen LogP) is 4.04. The molecule has 2 heterocycles. The number of esters is 2. The first kappa shape index (κ1) is 37.4. The fourth-order valence-electron chi connectivity index (χ4n) is 3.79. The zero-order valence-electron chi connectivity index (χ0n) is 25.8. The first-order valence-electron chi connectivity index (χ1n) is 13.5. The smallest absolute Gasteiger partial charge is 0.330 e. The number of aliphatic hydroxyl groups is 1. The maximum absolute atomic E-state index is 12.7. The summed E-state index contributed by atoms with van der Waals surface area (Å²) in [5, 5.41) is 17.6. The topological polar surface area (TPSA) is 151 Å². The lowest BCUT2D eigenvalue weighted by molar-refractivity contribution is -0.172. The monoisotopic (exact) mass is 580 g/mol. The van der Waals surface area contributed by atoms with Crippen molar-refractivity contribution in [2.24, 2.45) is 11.3 Å². The third-order valence-electron chi connectivity index (χ3n) is 6.68. The van der Waals surface area contributed by atoms with Gasteiger partial charge in [-0.15, -0.1) is 0 Å². The number of carboxylic acids is 1. The van der Waals surface area contributed by atoms with Gasteiger partial charge in [-0.1, -0.05) is 40.5 Å². The quantitative estimate of drug-likeness (QED) is 0.234. The molecule has 0 aromatic heterocycles. The van der Waals surface area contributed by atoms with Gasteiger partial charge in [0.05, 0.1) is 12.9 Å². The van der Waals surface area contributed by atoms with Gasteiger partial charge < -0.3 is 29.5 Å². The Hall–Kier alpha value is -3.63. The van der Waals surface area contributed by atoms with E-state index < -0.39 is 23.0 Å². The van der Waals surface area contributed by atoms with Crippen molar-refractivity contribution in [2.75, 3.05) is 20.2 Å². The standard InChI is InChI=1S/C18H31NO4.C8H11NO3.C4H6O2/c1-8-13(11-18(6,7)12(2)20)15(21)19-10-9-14(19)16(22)23-17(3,4)5;1-3-7(10)9-5-4-6(9)8(11)12-2;1-3(2)4(5)6/h13-14,20H,2,8-11H2,1,3-7H3;3,6H,1,4-5H2,2H3;1H2,2H3,(H,5,6). The lowest BCUT2D eigenvalue weighted by Crippen LogP contribution is -2.58. The molecule has 2 rings (SSSR count). The third-order valence-corrected chi connectivity index (χ3v) is 6.68. The largest absolute Gasteiger partial charge is 0.512 e. The molecular formula is C30H48N2O9. The number of aliphatic carboxylic acids is 1. The summed E-state index contributed by atoms with van der Waals surface area (Å²) in [6, 6.07) is -0.864. The van der Waals surface area contributed by atoms with Crippen LogP contribution in [0.25, 0.3) is 0 Å². The molecule has 0 bridgehead atoms. The highest BCUT2D eigenvalue weighted by molar-refractivity contribution is 5.92. The Labute approximate surface area is 243 Å². The molecule has 3 atom stereocenters. The van der Waals surface area contributed by atoms with Crippen LogP contribution in [0, 0.1) is 11.3 Å². The molecule has 3 unspecified atom stereocenters. The van der Waals surface area contributed by atoms with Crippen molar-refractivity contribution in [3.8, 4) is 0 Å². The molecule has 0 radical (unpaired) electrons. The van der Waals surface area contributed by atoms with E-state index >= 15 is 0 Å². The maximum atomic E-state index is 12.7. The number of hydrogen-bond acceptors (Lipinski definition) is 8. The van der Waals surface area contributed by atoms with Crippen LogP contribution < -0.4 is 0 Å². The molecule has 0 aromatic carbocycles. The van der Waals surface area contributed by atoms with Gasteiger partial charge in [-0.2, -0.15) is 0 Å². The molecule has 2 N–H and O–H groups in total. The number of allylic oxidation sites excluding steroid dienone is 1. The van der Waals surface area contributed by atoms with Crippen molar-refractivity contribution in [1.29, 1.82) is 0 Å². The fourth-order valence-corrected chi connectivity index (χ4v) is 3.79. The summed E-state index contributed by atoms with van der Waals surface area (Å²) >= 11 is 0. The first-order chi connectivity index (χ1) is 18.7. The summed E-state index contributed by atoms with van der Waals surface area (Å²) in [5.41, 5.74) is -0.903. The molecule has 0 spiro atoms. The van der Waals surface area contributed by atoms with Gasteiger partial charge in [-0.25, -0.2) is 14.4 Å². The van der Waals surface area contributed by atoms with E-state index in [2.05, 4.69) is 24.5 Å². The van der Waals surface area contributed by atoms with E-state index in [0.29, 0.717) is 38.8 Å². The van der Waals surface area contributed by atoms with E-state index in [4.69, 9.17) is 9.84 Å². The normalized spacial score (nSPS) is 18.3. The van der Waals surface area contributed by atoms with Crippen LogP contribution in [0.1, 0.15) is 74.1 Å². The molecule has 0 aliphatic carbocycles. The number of ether oxygens (including phenoxy) is 2. The minimum Gasteiger partial charge on any atom is -0.512 e. The van der Waals surface area contributed by atoms with Crippen molar-refractivity contribution < 1.29 is 43.7 Å². The predicted molar refractivity (Wildman–Crippen MR) is 155 cm³/mol. The van der Waals surface area contributed by atoms with E-state index in [9.17, 15) is 29.1 Å². The van der Waals surface area contributed by atoms with E-state index in [1.54, 1.807) is 4.90 Å². The van der Waals surface area contributed by atoms with Crippen molar-refractivity contribution in [1.82, 2.24) is 9.80 Å². The minimum absolute atomic E-state index is 0.0380. The molecule has 2 aliphatic rings. The Balaban J connectivity index is 0.000000734. The molecule has 11 heteroatoms. The Morgan fingerprint density at radius 1 is 0.951 bits per heavy atom. The van der Waals surface area contributed by atoms with Gasteiger partial charge in [0.1, 0.15) is 17.7 Å². The molecule has 2 amide bonds. The number of carbonyl (C=O) groups is 5. The van der Waals surface area contributed by atoms with Crippen LogP contribution in [0.2, 0.25) is 0 Å². The molecule has 0 saturated carbocycles. The second-order valence-corrected chi connectivity index (χ2v) is 11.7. The molecule has 2 fully saturated rings. The van der Waals surface area contributed by atoms with Crippen LogP contribution in [0.4, 0.5) is 0 Å². The second kappa shape index (κ2) is 16.0. The van der Waals surface area contributed by atoms with Crippen LogP contribution in [0.5, 0.6) is 0 Å². The lowest BCUT2D eigenvalue weighted by atomic mass is 9.79. The van der Waals surface area contributed by atoms with Crippen LogP contribution in [-0.2, 0) is 33.4 Å². The van der Waals surface area contributed by atoms with Gasteiger partial charge >= 0.3 is 17.9 Å². The summed E-state index contributed by atoms with van der Waals surface area (Å²) in [5.74, 6) is -2.03. The highest BCUT2D eigenvalue weighted by atomic mass is 16.6. The maximum Gasteiger partial charge on any atom is 0.330 e. The Morgan fingerprint density at radius 3 is 1.71 bits per heavy atom. The van der Waals surface area contributed by atoms with Crippen molar-refractivity contribution in [3.05, 3.63) is 37.1 Å². The number of rotatable bonds is 9. The molecule has 2 aliphatic heterocycles. The van der Waals surface area contributed by atoms with Crippen LogP contribution in [0.3, 0.4) is 0 Å². The summed E-state index contributed by atoms with van der Waals surface area (Å²) in [4.78, 5) is 59.6. The molecule has 2 saturated heterocycles. The number of nitrogens with zero attached hydrogens (tertiary/aromatic N) is 2. The molecule has 0 aromatic rings. The van der Waals surface area contributed by atoms with Crippen LogP contribution in [0.15, 0.2) is 37.1 Å². The Bertz CT molecular complexity index is 998. The van der Waals surface area contributed by atoms with Crippen LogP contribution in [-0.4, -0.2) is 87.6 Å². The van der Waals surface area contributed by atoms with E-state index in [1.807, 2.05) is 41.5 Å². The fraction of sp³-hybridized carbons (Fsp3) is 0.633. The summed E-state index contributed by atoms with van der Waals surface area (Å²) in [6.07, 6.45) is 3.71. The highest BCUT2D eigenvalue weighted by Crippen LogP contribution is 2.35. The lowest BCUT2D eigenvalue weighted by Gasteiger charge is -2.42. The summed E-state index contributed by atoms with van der Waals surface area (Å²) in [7, 11) is 1.32. The average Bonchev–Trinajstić information content (AvgIpc) is 2.80. The van der Waals surface area contributed by atoms with Gasteiger partial charge in [0.15, 0.2) is 0 Å². The SMILES string of the molecule is C=C(C)C(=O)O.C=C(O)C(C)(C)CC(CC)C(=O)N1CCC1C(=O)OC(C)(C)C.C=CC(=O)N1CCC1C(=O)OC. The Kier molecular flexibility index (Phi) is 14.6. The number of carbonyl (C=O) groups excluding carboxylic acids is 4. The van der Waals surface area contributed by atoms with E-state index in [-0.39, 0.29) is 47.0 Å². The molecule has 41 heavy (non-hydrogen) atoms. The van der Waals surface area contributed by atoms with Gasteiger partial charge in [0.2, 0.25) is 11.8 Å². The summed E-state index contributed by atoms with van der Waals surface area (Å²) in [6.45, 7) is 23.9. The number of hydrogen-bond donors (Lipinski definition) is 2. The van der Waals surface area contributed by atoms with Gasteiger partial charge in [-0.05, 0) is 59.5 Å². The number of carboxylic acid groups (broad SMARTS) is 1. The average molecular weight is 581 g/mol. The first-order valence-corrected chi connectivity index (χ1v) is 13.5. The van der Waals surface area contributed by atoms with Gasteiger partial charge in [0, 0.05) is 30.0 Å². The van der Waals surface area contributed by atoms with Crippen molar-refractivity contribution in [3.63, 3.8) is 0 Å². The van der Waals surface area contributed by atoms with Gasteiger partial charge in [-0.3, -0.25) is 9.59 Å². The van der Waals surface area contributed by atoms with Gasteiger partial charge in [0.25, 0.3) is 0 Å². The summed E-state index contributed by atoms with van der Waals surface area (Å²) < 4.78 is 9.90. The number of aliphatic hydroxyl groups excluding tert-OH is 1. The molecule has 11 nitrogen and oxygen atoms in total. The number of amides is 2. The van der Waals surface area contributed by atoms with Crippen molar-refractivity contribution in [2.45, 2.75) is 91.8 Å². The second-order valence-electron chi connectivity index (χ2n) is 11.7. The third kappa shape index (κ3) is 11.8. The molecular weight excluding hydrogens is 532 g/mol. The molecule has 232 valence electrons.